The van der Waals surface area contributed by atoms with Gasteiger partial charge in [-0.15, -0.1) is 0 Å². The van der Waals surface area contributed by atoms with E-state index in [-0.39, 0.29) is 18.9 Å². The topological polar surface area (TPSA) is 89.8 Å². The molecule has 0 fully saturated rings. The molecule has 5 nitrogen and oxygen atoms in total. The van der Waals surface area contributed by atoms with Crippen LogP contribution in [0.15, 0.2) is 36.5 Å². The van der Waals surface area contributed by atoms with E-state index in [0.29, 0.717) is 6.42 Å². The standard InChI is InChI=1S/C64H123NO4/c1-3-5-7-9-11-13-15-17-19-21-23-25-27-29-30-31-32-34-35-37-39-41-43-45-47-49-51-53-55-57-61(67)59-64(69)65-62(60-66)63(68)58-56-54-52-50-48-46-44-42-40-38-36-33-28-26-24-22-20-18-16-14-12-10-8-6-4-2/h40,42,48,50,56,58,61-63,66-68H,3-39,41,43-47,49,51-55,57,59-60H2,1-2H3,(H,65,69)/b42-40+,50-48+,58-56+. The zero-order chi connectivity index (χ0) is 50.0. The molecule has 0 aromatic carbocycles. The van der Waals surface area contributed by atoms with Crippen LogP contribution < -0.4 is 5.32 Å². The van der Waals surface area contributed by atoms with Crippen molar-refractivity contribution in [3.05, 3.63) is 36.5 Å². The van der Waals surface area contributed by atoms with E-state index in [0.717, 1.165) is 38.5 Å². The van der Waals surface area contributed by atoms with Crippen molar-refractivity contribution < 1.29 is 20.1 Å². The van der Waals surface area contributed by atoms with Gasteiger partial charge in [-0.2, -0.15) is 0 Å². The van der Waals surface area contributed by atoms with Crippen molar-refractivity contribution in [3.8, 4) is 0 Å². The first-order valence-corrected chi connectivity index (χ1v) is 31.3. The van der Waals surface area contributed by atoms with Gasteiger partial charge in [0.1, 0.15) is 0 Å². The lowest BCUT2D eigenvalue weighted by Gasteiger charge is -2.21. The number of allylic oxidation sites excluding steroid dienone is 5. The molecule has 0 aliphatic heterocycles. The summed E-state index contributed by atoms with van der Waals surface area (Å²) in [5.74, 6) is -0.323. The second-order valence-corrected chi connectivity index (χ2v) is 21.7. The van der Waals surface area contributed by atoms with Gasteiger partial charge in [-0.3, -0.25) is 4.79 Å². The van der Waals surface area contributed by atoms with Crippen molar-refractivity contribution in [2.45, 2.75) is 360 Å². The minimum atomic E-state index is -0.960. The van der Waals surface area contributed by atoms with Crippen molar-refractivity contribution in [1.82, 2.24) is 5.32 Å². The maximum Gasteiger partial charge on any atom is 0.222 e. The smallest absolute Gasteiger partial charge is 0.222 e. The second-order valence-electron chi connectivity index (χ2n) is 21.7. The van der Waals surface area contributed by atoms with Gasteiger partial charge in [0.15, 0.2) is 0 Å². The van der Waals surface area contributed by atoms with E-state index < -0.39 is 18.2 Å². The monoisotopic (exact) mass is 970 g/mol. The molecule has 0 saturated carbocycles. The van der Waals surface area contributed by atoms with Crippen LogP contribution >= 0.6 is 0 Å². The van der Waals surface area contributed by atoms with E-state index in [1.807, 2.05) is 6.08 Å². The lowest BCUT2D eigenvalue weighted by atomic mass is 10.0. The highest BCUT2D eigenvalue weighted by molar-refractivity contribution is 5.76. The predicted molar refractivity (Wildman–Crippen MR) is 305 cm³/mol. The van der Waals surface area contributed by atoms with E-state index in [1.54, 1.807) is 6.08 Å². The van der Waals surface area contributed by atoms with Gasteiger partial charge in [0.05, 0.1) is 31.3 Å². The van der Waals surface area contributed by atoms with Crippen molar-refractivity contribution in [1.29, 1.82) is 0 Å². The maximum absolute atomic E-state index is 12.5. The van der Waals surface area contributed by atoms with Crippen molar-refractivity contribution in [3.63, 3.8) is 0 Å². The first-order chi connectivity index (χ1) is 34.0. The number of hydrogen-bond acceptors (Lipinski definition) is 4. The molecule has 0 heterocycles. The summed E-state index contributed by atoms with van der Waals surface area (Å²) in [5.41, 5.74) is 0. The van der Waals surface area contributed by atoms with Crippen molar-refractivity contribution in [2.75, 3.05) is 6.61 Å². The van der Waals surface area contributed by atoms with Crippen LogP contribution in [0, 0.1) is 0 Å². The molecule has 0 aliphatic carbocycles. The number of carbonyl (C=O) groups is 1. The van der Waals surface area contributed by atoms with Gasteiger partial charge in [-0.1, -0.05) is 326 Å². The first kappa shape index (κ1) is 67.6. The summed E-state index contributed by atoms with van der Waals surface area (Å²) in [4.78, 5) is 12.5. The highest BCUT2D eigenvalue weighted by Gasteiger charge is 2.20. The van der Waals surface area contributed by atoms with Crippen LogP contribution in [0.2, 0.25) is 0 Å². The average Bonchev–Trinajstić information content (AvgIpc) is 3.35. The highest BCUT2D eigenvalue weighted by Crippen LogP contribution is 2.18. The van der Waals surface area contributed by atoms with Gasteiger partial charge in [-0.25, -0.2) is 0 Å². The molecule has 0 saturated heterocycles. The van der Waals surface area contributed by atoms with Crippen molar-refractivity contribution >= 4 is 5.91 Å². The fourth-order valence-corrected chi connectivity index (χ4v) is 9.91. The lowest BCUT2D eigenvalue weighted by Crippen LogP contribution is -2.45. The molecular weight excluding hydrogens is 847 g/mol. The normalized spacial score (nSPS) is 13.4. The molecular formula is C64H123NO4. The van der Waals surface area contributed by atoms with Gasteiger partial charge in [0.2, 0.25) is 5.91 Å². The van der Waals surface area contributed by atoms with Crippen LogP contribution in [0.25, 0.3) is 0 Å². The third kappa shape index (κ3) is 55.7. The van der Waals surface area contributed by atoms with E-state index >= 15 is 0 Å². The Morgan fingerprint density at radius 1 is 0.362 bits per heavy atom. The average molecular weight is 971 g/mol. The van der Waals surface area contributed by atoms with Gasteiger partial charge < -0.3 is 20.6 Å². The van der Waals surface area contributed by atoms with Crippen LogP contribution in [0.1, 0.15) is 341 Å². The highest BCUT2D eigenvalue weighted by atomic mass is 16.3. The van der Waals surface area contributed by atoms with Gasteiger partial charge >= 0.3 is 0 Å². The summed E-state index contributed by atoms with van der Waals surface area (Å²) < 4.78 is 0. The molecule has 3 atom stereocenters. The number of aliphatic hydroxyl groups is 3. The minimum absolute atomic E-state index is 0.00592. The molecule has 0 aromatic rings. The zero-order valence-electron chi connectivity index (χ0n) is 46.7. The largest absolute Gasteiger partial charge is 0.394 e. The summed E-state index contributed by atoms with van der Waals surface area (Å²) in [5, 5.41) is 33.5. The number of carbonyl (C=O) groups excluding carboxylic acids is 1. The predicted octanol–water partition coefficient (Wildman–Crippen LogP) is 19.8. The van der Waals surface area contributed by atoms with Gasteiger partial charge in [0, 0.05) is 0 Å². The molecule has 1 amide bonds. The molecule has 4 N–H and O–H groups in total. The summed E-state index contributed by atoms with van der Waals surface area (Å²) in [6, 6.07) is -0.768. The van der Waals surface area contributed by atoms with Gasteiger partial charge in [-0.05, 0) is 44.9 Å². The van der Waals surface area contributed by atoms with Crippen LogP contribution in [-0.2, 0) is 4.79 Å². The molecule has 0 bridgehead atoms. The number of aliphatic hydroxyl groups excluding tert-OH is 3. The zero-order valence-corrected chi connectivity index (χ0v) is 46.7. The van der Waals surface area contributed by atoms with E-state index in [4.69, 9.17) is 0 Å². The number of unbranched alkanes of at least 4 members (excludes halogenated alkanes) is 45. The molecule has 0 rings (SSSR count). The number of nitrogens with one attached hydrogen (secondary N) is 1. The Balaban J connectivity index is 3.56. The van der Waals surface area contributed by atoms with Crippen LogP contribution in [-0.4, -0.2) is 46.1 Å². The second kappa shape index (κ2) is 59.1. The Hall–Kier alpha value is -1.43. The third-order valence-corrected chi connectivity index (χ3v) is 14.7. The molecule has 69 heavy (non-hydrogen) atoms. The van der Waals surface area contributed by atoms with E-state index in [2.05, 4.69) is 43.5 Å². The molecule has 0 spiro atoms. The number of amides is 1. The molecule has 0 aliphatic rings. The third-order valence-electron chi connectivity index (χ3n) is 14.7. The quantitative estimate of drug-likeness (QED) is 0.0361. The number of rotatable bonds is 58. The Morgan fingerprint density at radius 3 is 0.928 bits per heavy atom. The van der Waals surface area contributed by atoms with E-state index in [1.165, 1.54) is 276 Å². The first-order valence-electron chi connectivity index (χ1n) is 31.3. The maximum atomic E-state index is 12.5. The Labute approximate surface area is 432 Å². The van der Waals surface area contributed by atoms with E-state index in [9.17, 15) is 20.1 Å². The fourth-order valence-electron chi connectivity index (χ4n) is 9.91. The SMILES string of the molecule is CCCCCCCCCCCCCCCCC/C=C/CC/C=C/CC/C=C/C(O)C(CO)NC(=O)CC(O)CCCCCCCCCCCCCCCCCCCCCCCCCCCCCCC. The Kier molecular flexibility index (Phi) is 57.9. The van der Waals surface area contributed by atoms with Crippen LogP contribution in [0.3, 0.4) is 0 Å². The van der Waals surface area contributed by atoms with Crippen LogP contribution in [0.5, 0.6) is 0 Å². The molecule has 3 unspecified atom stereocenters. The molecule has 0 radical (unpaired) electrons. The summed E-state index contributed by atoms with van der Waals surface area (Å²) >= 11 is 0. The summed E-state index contributed by atoms with van der Waals surface area (Å²) in [6.45, 7) is 4.24. The summed E-state index contributed by atoms with van der Waals surface area (Å²) in [7, 11) is 0. The molecule has 408 valence electrons. The minimum Gasteiger partial charge on any atom is -0.394 e. The summed E-state index contributed by atoms with van der Waals surface area (Å²) in [6.07, 6.45) is 78.0. The van der Waals surface area contributed by atoms with Crippen LogP contribution in [0.4, 0.5) is 0 Å². The Morgan fingerprint density at radius 2 is 0.623 bits per heavy atom. The lowest BCUT2D eigenvalue weighted by molar-refractivity contribution is -0.124. The Bertz CT molecular complexity index is 1070. The molecule has 0 aromatic heterocycles. The fraction of sp³-hybridized carbons (Fsp3) is 0.891. The molecule has 5 heteroatoms. The van der Waals surface area contributed by atoms with Crippen molar-refractivity contribution in [2.24, 2.45) is 0 Å². The van der Waals surface area contributed by atoms with Gasteiger partial charge in [0.25, 0.3) is 0 Å². The number of hydrogen-bond donors (Lipinski definition) is 4.